The van der Waals surface area contributed by atoms with Crippen molar-refractivity contribution < 1.29 is 55.1 Å². The van der Waals surface area contributed by atoms with Gasteiger partial charge in [0.15, 0.2) is 5.75 Å². The van der Waals surface area contributed by atoms with Crippen LogP contribution < -0.4 is 33.7 Å². The molecule has 130 valence electrons. The van der Waals surface area contributed by atoms with E-state index in [0.29, 0.717) is 5.39 Å². The summed E-state index contributed by atoms with van der Waals surface area (Å²) in [6.07, 6.45) is 0. The number of aryl methyl sites for hydroxylation is 1. The van der Waals surface area contributed by atoms with Crippen LogP contribution >= 0.6 is 0 Å². The van der Waals surface area contributed by atoms with E-state index in [0.717, 1.165) is 11.6 Å². The van der Waals surface area contributed by atoms with Crippen molar-refractivity contribution in [3.63, 3.8) is 0 Å². The zero-order valence-electron chi connectivity index (χ0n) is 14.0. The molecule has 0 radical (unpaired) electrons. The van der Waals surface area contributed by atoms with Crippen molar-refractivity contribution in [1.29, 1.82) is 0 Å². The quantitative estimate of drug-likeness (QED) is 0.342. The van der Waals surface area contributed by atoms with Crippen LogP contribution in [0.5, 0.6) is 5.75 Å². The van der Waals surface area contributed by atoms with Crippen LogP contribution in [0.25, 0.3) is 10.8 Å². The Labute approximate surface area is 174 Å². The maximum absolute atomic E-state index is 12.5. The van der Waals surface area contributed by atoms with Crippen molar-refractivity contribution in [1.82, 2.24) is 0 Å². The van der Waals surface area contributed by atoms with E-state index in [1.807, 2.05) is 6.92 Å². The van der Waals surface area contributed by atoms with Gasteiger partial charge in [-0.05, 0) is 36.6 Å². The molecule has 0 unspecified atom stereocenters. The van der Waals surface area contributed by atoms with Crippen molar-refractivity contribution in [2.24, 2.45) is 0 Å². The molecule has 0 amide bonds. The van der Waals surface area contributed by atoms with Gasteiger partial charge < -0.3 is 8.74 Å². The first-order valence-corrected chi connectivity index (χ1v) is 9.99. The molecule has 3 rings (SSSR count). The third-order valence-corrected chi connectivity index (χ3v) is 5.73. The fourth-order valence-corrected chi connectivity index (χ4v) is 4.08. The Morgan fingerprint density at radius 1 is 0.846 bits per heavy atom. The zero-order valence-corrected chi connectivity index (χ0v) is 17.7. The Bertz CT molecular complexity index is 1150. The maximum atomic E-state index is 12.5. The van der Waals surface area contributed by atoms with Crippen molar-refractivity contribution in [3.05, 3.63) is 66.2 Å². The molecule has 6 nitrogen and oxygen atoms in total. The van der Waals surface area contributed by atoms with Gasteiger partial charge in [0.1, 0.15) is 15.0 Å². The van der Waals surface area contributed by atoms with Crippen LogP contribution in [0.4, 0.5) is 0 Å². The predicted octanol–water partition coefficient (Wildman–Crippen LogP) is -0.176. The van der Waals surface area contributed by atoms with Gasteiger partial charge in [-0.25, -0.2) is 8.42 Å². The minimum atomic E-state index is -4.80. The van der Waals surface area contributed by atoms with Gasteiger partial charge in [-0.2, -0.15) is 8.42 Å². The second-order valence-electron chi connectivity index (χ2n) is 5.42. The summed E-state index contributed by atoms with van der Waals surface area (Å²) in [6, 6.07) is 14.5. The summed E-state index contributed by atoms with van der Waals surface area (Å²) in [5, 5.41) is 0.323. The van der Waals surface area contributed by atoms with E-state index in [1.165, 1.54) is 30.3 Å². The smallest absolute Gasteiger partial charge is 0.744 e. The SMILES string of the molecule is Cc1ccc(S(=O)(=O)Oc2cccc3cccc(S(=O)(=O)[O-])c23)cc1.[Na+]. The Morgan fingerprint density at radius 2 is 1.42 bits per heavy atom. The molecule has 3 aromatic carbocycles. The first kappa shape index (κ1) is 20.9. The summed E-state index contributed by atoms with van der Waals surface area (Å²) in [5.41, 5.74) is 0.879. The van der Waals surface area contributed by atoms with Crippen LogP contribution in [0.2, 0.25) is 0 Å². The predicted molar refractivity (Wildman–Crippen MR) is 90.9 cm³/mol. The summed E-state index contributed by atoms with van der Waals surface area (Å²) in [6.45, 7) is 1.81. The molecule has 9 heteroatoms. The van der Waals surface area contributed by atoms with Gasteiger partial charge in [0.2, 0.25) is 0 Å². The normalized spacial score (nSPS) is 11.8. The minimum Gasteiger partial charge on any atom is -0.744 e. The summed E-state index contributed by atoms with van der Waals surface area (Å²) in [7, 11) is -8.98. The van der Waals surface area contributed by atoms with Gasteiger partial charge in [-0.3, -0.25) is 0 Å². The van der Waals surface area contributed by atoms with Gasteiger partial charge in [0, 0.05) is 5.39 Å². The maximum Gasteiger partial charge on any atom is 1.00 e. The largest absolute Gasteiger partial charge is 1.00 e. The van der Waals surface area contributed by atoms with Crippen LogP contribution in [-0.4, -0.2) is 21.4 Å². The molecular formula is C17H13NaO6S2. The number of hydrogen-bond donors (Lipinski definition) is 0. The van der Waals surface area contributed by atoms with E-state index >= 15 is 0 Å². The number of benzene rings is 3. The average Bonchev–Trinajstić information content (AvgIpc) is 2.54. The first-order valence-electron chi connectivity index (χ1n) is 7.17. The van der Waals surface area contributed by atoms with Crippen LogP contribution in [0.1, 0.15) is 5.56 Å². The number of rotatable bonds is 4. The van der Waals surface area contributed by atoms with Crippen LogP contribution in [-0.2, 0) is 20.2 Å². The molecule has 0 aliphatic heterocycles. The van der Waals surface area contributed by atoms with Gasteiger partial charge in [0.05, 0.1) is 4.90 Å². The number of fused-ring (bicyclic) bond motifs is 1. The molecule has 0 atom stereocenters. The van der Waals surface area contributed by atoms with Crippen molar-refractivity contribution in [3.8, 4) is 5.75 Å². The Morgan fingerprint density at radius 3 is 2.00 bits per heavy atom. The monoisotopic (exact) mass is 400 g/mol. The molecule has 3 aromatic rings. The molecule has 0 saturated carbocycles. The third kappa shape index (κ3) is 4.28. The van der Waals surface area contributed by atoms with Crippen molar-refractivity contribution in [2.45, 2.75) is 16.7 Å². The van der Waals surface area contributed by atoms with E-state index in [1.54, 1.807) is 24.3 Å². The van der Waals surface area contributed by atoms with E-state index in [9.17, 15) is 21.4 Å². The molecule has 0 aromatic heterocycles. The Kier molecular flexibility index (Phi) is 6.17. The van der Waals surface area contributed by atoms with E-state index < -0.39 is 25.1 Å². The van der Waals surface area contributed by atoms with Gasteiger partial charge in [0.25, 0.3) is 0 Å². The van der Waals surface area contributed by atoms with Crippen molar-refractivity contribution >= 4 is 31.0 Å². The van der Waals surface area contributed by atoms with Crippen LogP contribution in [0, 0.1) is 6.92 Å². The molecule has 0 aliphatic rings. The average molecular weight is 400 g/mol. The van der Waals surface area contributed by atoms with E-state index in [4.69, 9.17) is 4.18 Å². The van der Waals surface area contributed by atoms with Crippen LogP contribution in [0.15, 0.2) is 70.5 Å². The summed E-state index contributed by atoms with van der Waals surface area (Å²) in [5.74, 6) is -0.215. The summed E-state index contributed by atoms with van der Waals surface area (Å²) < 4.78 is 64.6. The molecular weight excluding hydrogens is 387 g/mol. The summed E-state index contributed by atoms with van der Waals surface area (Å²) in [4.78, 5) is -0.600. The minimum absolute atomic E-state index is 0. The molecule has 0 saturated heterocycles. The number of hydrogen-bond acceptors (Lipinski definition) is 6. The Balaban J connectivity index is 0.00000243. The second-order valence-corrected chi connectivity index (χ2v) is 8.31. The standard InChI is InChI=1S/C17H14O6S2.Na/c1-12-8-10-14(11-9-12)25(21,22)23-15-6-2-4-13-5-3-7-16(17(13)15)24(18,19)20;/h2-11H,1H3,(H,18,19,20);/q;+1/p-1. The van der Waals surface area contributed by atoms with Gasteiger partial charge in [-0.1, -0.05) is 42.0 Å². The van der Waals surface area contributed by atoms with E-state index in [2.05, 4.69) is 0 Å². The molecule has 0 heterocycles. The van der Waals surface area contributed by atoms with Gasteiger partial charge >= 0.3 is 39.7 Å². The first-order chi connectivity index (χ1) is 11.7. The van der Waals surface area contributed by atoms with Gasteiger partial charge in [-0.15, -0.1) is 0 Å². The molecule has 0 bridgehead atoms. The second kappa shape index (κ2) is 7.67. The third-order valence-electron chi connectivity index (χ3n) is 3.61. The van der Waals surface area contributed by atoms with Crippen LogP contribution in [0.3, 0.4) is 0 Å². The molecule has 0 fully saturated rings. The topological polar surface area (TPSA) is 101 Å². The Hall–Kier alpha value is -1.42. The van der Waals surface area contributed by atoms with Crippen molar-refractivity contribution in [2.75, 3.05) is 0 Å². The fourth-order valence-electron chi connectivity index (χ4n) is 2.42. The van der Waals surface area contributed by atoms with E-state index in [-0.39, 0.29) is 45.6 Å². The molecule has 0 aliphatic carbocycles. The fraction of sp³-hybridized carbons (Fsp3) is 0.0588. The summed E-state index contributed by atoms with van der Waals surface area (Å²) >= 11 is 0. The molecule has 0 N–H and O–H groups in total. The zero-order chi connectivity index (χ0) is 18.2. The molecule has 0 spiro atoms. The molecule has 26 heavy (non-hydrogen) atoms.